The molecule has 3 nitrogen and oxygen atoms in total. The molecular formula is C17H25ClN2O. The molecule has 1 atom stereocenters. The quantitative estimate of drug-likeness (QED) is 0.923. The molecule has 1 aliphatic heterocycles. The summed E-state index contributed by atoms with van der Waals surface area (Å²) in [5, 5.41) is 3.87. The van der Waals surface area contributed by atoms with Crippen molar-refractivity contribution in [2.24, 2.45) is 0 Å². The van der Waals surface area contributed by atoms with Gasteiger partial charge in [-0.05, 0) is 58.3 Å². The highest BCUT2D eigenvalue weighted by atomic mass is 35.5. The molecule has 1 amide bonds. The van der Waals surface area contributed by atoms with Gasteiger partial charge in [0.15, 0.2) is 0 Å². The lowest BCUT2D eigenvalue weighted by Gasteiger charge is -2.29. The highest BCUT2D eigenvalue weighted by Gasteiger charge is 2.29. The van der Waals surface area contributed by atoms with Gasteiger partial charge in [-0.3, -0.25) is 4.79 Å². The summed E-state index contributed by atoms with van der Waals surface area (Å²) in [5.41, 5.74) is 1.54. The van der Waals surface area contributed by atoms with Crippen molar-refractivity contribution in [2.45, 2.75) is 51.6 Å². The number of likely N-dealkylation sites (tertiary alicyclic amines) is 1. The van der Waals surface area contributed by atoms with E-state index in [1.165, 1.54) is 6.42 Å². The molecule has 0 aromatic heterocycles. The number of hydrogen-bond acceptors (Lipinski definition) is 2. The molecule has 1 aliphatic rings. The Labute approximate surface area is 132 Å². The first-order chi connectivity index (χ1) is 9.81. The Bertz CT molecular complexity index is 528. The second-order valence-electron chi connectivity index (χ2n) is 6.59. The monoisotopic (exact) mass is 308 g/mol. The average Bonchev–Trinajstić information content (AvgIpc) is 2.77. The number of nitrogens with zero attached hydrogens (tertiary/aromatic N) is 1. The van der Waals surface area contributed by atoms with E-state index in [0.29, 0.717) is 12.5 Å². The molecule has 0 aliphatic carbocycles. The van der Waals surface area contributed by atoms with Crippen LogP contribution in [0.25, 0.3) is 0 Å². The third kappa shape index (κ3) is 3.78. The van der Waals surface area contributed by atoms with Crippen LogP contribution in [0.1, 0.15) is 44.2 Å². The van der Waals surface area contributed by atoms with E-state index in [4.69, 9.17) is 11.6 Å². The molecule has 1 heterocycles. The van der Waals surface area contributed by atoms with Gasteiger partial charge in [-0.25, -0.2) is 0 Å². The number of benzene rings is 1. The van der Waals surface area contributed by atoms with Gasteiger partial charge >= 0.3 is 0 Å². The zero-order valence-corrected chi connectivity index (χ0v) is 14.1. The number of aryl methyl sites for hydroxylation is 1. The molecule has 0 radical (unpaired) electrons. The van der Waals surface area contributed by atoms with Crippen molar-refractivity contribution in [2.75, 3.05) is 13.6 Å². The van der Waals surface area contributed by atoms with Gasteiger partial charge in [0.1, 0.15) is 0 Å². The predicted molar refractivity (Wildman–Crippen MR) is 87.6 cm³/mol. The molecule has 4 heteroatoms. The molecule has 1 fully saturated rings. The number of rotatable bonds is 4. The molecule has 1 aromatic carbocycles. The molecule has 0 saturated carbocycles. The van der Waals surface area contributed by atoms with Crippen molar-refractivity contribution in [1.29, 1.82) is 0 Å². The Morgan fingerprint density at radius 3 is 2.81 bits per heavy atom. The lowest BCUT2D eigenvalue weighted by Crippen LogP contribution is -2.43. The van der Waals surface area contributed by atoms with Crippen molar-refractivity contribution in [1.82, 2.24) is 10.2 Å². The van der Waals surface area contributed by atoms with Crippen LogP contribution in [0.2, 0.25) is 5.02 Å². The fraction of sp³-hybridized carbons (Fsp3) is 0.588. The van der Waals surface area contributed by atoms with Crippen LogP contribution in [-0.4, -0.2) is 30.4 Å². The number of halogens is 1. The zero-order chi connectivity index (χ0) is 15.6. The van der Waals surface area contributed by atoms with Crippen LogP contribution in [-0.2, 0) is 10.3 Å². The Balaban J connectivity index is 2.06. The summed E-state index contributed by atoms with van der Waals surface area (Å²) < 4.78 is 0. The van der Waals surface area contributed by atoms with E-state index in [0.717, 1.165) is 29.1 Å². The average molecular weight is 309 g/mol. The van der Waals surface area contributed by atoms with Gasteiger partial charge in [-0.15, -0.1) is 0 Å². The van der Waals surface area contributed by atoms with Crippen LogP contribution in [0.4, 0.5) is 0 Å². The Hall–Kier alpha value is -1.06. The Kier molecular flexibility index (Phi) is 4.95. The summed E-state index contributed by atoms with van der Waals surface area (Å²) in [7, 11) is 2.09. The van der Waals surface area contributed by atoms with Crippen molar-refractivity contribution >= 4 is 17.5 Å². The van der Waals surface area contributed by atoms with Gasteiger partial charge in [-0.1, -0.05) is 29.8 Å². The van der Waals surface area contributed by atoms with Gasteiger partial charge in [0.2, 0.25) is 5.91 Å². The normalized spacial score (nSPS) is 19.8. The molecule has 2 rings (SSSR count). The molecule has 1 aromatic rings. The van der Waals surface area contributed by atoms with Crippen LogP contribution in [0.15, 0.2) is 18.2 Å². The highest BCUT2D eigenvalue weighted by molar-refractivity contribution is 6.32. The molecule has 116 valence electrons. The van der Waals surface area contributed by atoms with E-state index < -0.39 is 5.54 Å². The second-order valence-corrected chi connectivity index (χ2v) is 6.97. The van der Waals surface area contributed by atoms with E-state index in [2.05, 4.69) is 17.3 Å². The molecule has 21 heavy (non-hydrogen) atoms. The van der Waals surface area contributed by atoms with Gasteiger partial charge in [0.25, 0.3) is 0 Å². The topological polar surface area (TPSA) is 32.3 Å². The minimum atomic E-state index is -0.461. The first kappa shape index (κ1) is 16.3. The third-order valence-corrected chi connectivity index (χ3v) is 4.91. The molecule has 1 unspecified atom stereocenters. The maximum Gasteiger partial charge on any atom is 0.222 e. The zero-order valence-electron chi connectivity index (χ0n) is 13.4. The second kappa shape index (κ2) is 6.37. The summed E-state index contributed by atoms with van der Waals surface area (Å²) in [6.07, 6.45) is 2.85. The minimum absolute atomic E-state index is 0.0938. The van der Waals surface area contributed by atoms with Crippen LogP contribution in [0.3, 0.4) is 0 Å². The van der Waals surface area contributed by atoms with Crippen molar-refractivity contribution in [3.8, 4) is 0 Å². The van der Waals surface area contributed by atoms with Gasteiger partial charge < -0.3 is 10.2 Å². The fourth-order valence-electron chi connectivity index (χ4n) is 3.05. The lowest BCUT2D eigenvalue weighted by molar-refractivity contribution is -0.123. The molecule has 1 N–H and O–H groups in total. The maximum absolute atomic E-state index is 12.3. The van der Waals surface area contributed by atoms with Crippen molar-refractivity contribution < 1.29 is 4.79 Å². The minimum Gasteiger partial charge on any atom is -0.347 e. The molecule has 0 bridgehead atoms. The standard InChI is InChI=1S/C17H25ClN2O/c1-12-7-5-9-14(16(12)18)17(2,3)19-15(21)11-13-8-6-10-20(13)4/h5,7,9,13H,6,8,10-11H2,1-4H3,(H,19,21). The van der Waals surface area contributed by atoms with E-state index >= 15 is 0 Å². The predicted octanol–water partition coefficient (Wildman–Crippen LogP) is 3.48. The van der Waals surface area contributed by atoms with Gasteiger partial charge in [0.05, 0.1) is 5.54 Å². The van der Waals surface area contributed by atoms with Crippen molar-refractivity contribution in [3.05, 3.63) is 34.3 Å². The summed E-state index contributed by atoms with van der Waals surface area (Å²) >= 11 is 6.40. The van der Waals surface area contributed by atoms with Gasteiger partial charge in [-0.2, -0.15) is 0 Å². The van der Waals surface area contributed by atoms with Crippen molar-refractivity contribution in [3.63, 3.8) is 0 Å². The largest absolute Gasteiger partial charge is 0.347 e. The molecule has 0 spiro atoms. The van der Waals surface area contributed by atoms with Crippen LogP contribution >= 0.6 is 11.6 Å². The fourth-order valence-corrected chi connectivity index (χ4v) is 3.41. The van der Waals surface area contributed by atoms with Crippen LogP contribution in [0.5, 0.6) is 0 Å². The molecule has 1 saturated heterocycles. The number of carbonyl (C=O) groups excluding carboxylic acids is 1. The number of hydrogen-bond donors (Lipinski definition) is 1. The number of carbonyl (C=O) groups is 1. The highest BCUT2D eigenvalue weighted by Crippen LogP contribution is 2.30. The first-order valence-electron chi connectivity index (χ1n) is 7.58. The SMILES string of the molecule is Cc1cccc(C(C)(C)NC(=O)CC2CCCN2C)c1Cl. The summed E-state index contributed by atoms with van der Waals surface area (Å²) in [6.45, 7) is 7.08. The van der Waals surface area contributed by atoms with Gasteiger partial charge in [0, 0.05) is 17.5 Å². The van der Waals surface area contributed by atoms with Crippen LogP contribution in [0, 0.1) is 6.92 Å². The maximum atomic E-state index is 12.3. The van der Waals surface area contributed by atoms with E-state index in [1.54, 1.807) is 0 Å². The summed E-state index contributed by atoms with van der Waals surface area (Å²) in [6, 6.07) is 6.32. The van der Waals surface area contributed by atoms with E-state index in [1.807, 2.05) is 39.0 Å². The Morgan fingerprint density at radius 1 is 1.48 bits per heavy atom. The van der Waals surface area contributed by atoms with E-state index in [-0.39, 0.29) is 5.91 Å². The van der Waals surface area contributed by atoms with Crippen LogP contribution < -0.4 is 5.32 Å². The number of amides is 1. The van der Waals surface area contributed by atoms with E-state index in [9.17, 15) is 4.79 Å². The molecular weight excluding hydrogens is 284 g/mol. The first-order valence-corrected chi connectivity index (χ1v) is 7.96. The lowest BCUT2D eigenvalue weighted by atomic mass is 9.92. The Morgan fingerprint density at radius 2 is 2.19 bits per heavy atom. The number of nitrogens with one attached hydrogen (secondary N) is 1. The summed E-state index contributed by atoms with van der Waals surface area (Å²) in [4.78, 5) is 14.6. The summed E-state index contributed by atoms with van der Waals surface area (Å²) in [5.74, 6) is 0.0938. The third-order valence-electron chi connectivity index (χ3n) is 4.41. The smallest absolute Gasteiger partial charge is 0.222 e.